The topological polar surface area (TPSA) is 6.48 Å². The van der Waals surface area contributed by atoms with Crippen molar-refractivity contribution in [3.8, 4) is 0 Å². The second-order valence-corrected chi connectivity index (χ2v) is 8.67. The van der Waals surface area contributed by atoms with Gasteiger partial charge in [0.1, 0.15) is 5.82 Å². The van der Waals surface area contributed by atoms with Crippen molar-refractivity contribution in [2.45, 2.75) is 50.0 Å². The van der Waals surface area contributed by atoms with Crippen LogP contribution in [0.5, 0.6) is 0 Å². The Morgan fingerprint density at radius 3 is 2.14 bits per heavy atom. The zero-order valence-corrected chi connectivity index (χ0v) is 18.5. The summed E-state index contributed by atoms with van der Waals surface area (Å²) in [5, 5.41) is 0. The maximum Gasteiger partial charge on any atom is 0.123 e. The smallest absolute Gasteiger partial charge is 0.123 e. The number of piperazine rings is 1. The van der Waals surface area contributed by atoms with Gasteiger partial charge in [0.2, 0.25) is 0 Å². The SMILES string of the molecule is Cl.Cl.Fc1ccc(N2CCN(C3CCC4(CCc5ccccc54)CC3)CC2)cc1. The van der Waals surface area contributed by atoms with Gasteiger partial charge < -0.3 is 4.90 Å². The summed E-state index contributed by atoms with van der Waals surface area (Å²) >= 11 is 0. The number of halogens is 3. The van der Waals surface area contributed by atoms with Crippen LogP contribution in [0.15, 0.2) is 48.5 Å². The Bertz CT molecular complexity index is 795. The van der Waals surface area contributed by atoms with Crippen molar-refractivity contribution in [3.63, 3.8) is 0 Å². The number of rotatable bonds is 2. The predicted molar refractivity (Wildman–Crippen MR) is 123 cm³/mol. The third-order valence-electron chi connectivity index (χ3n) is 7.40. The van der Waals surface area contributed by atoms with Crippen molar-refractivity contribution < 1.29 is 4.39 Å². The van der Waals surface area contributed by atoms with Gasteiger partial charge in [-0.2, -0.15) is 0 Å². The highest BCUT2D eigenvalue weighted by Crippen LogP contribution is 2.49. The second kappa shape index (κ2) is 9.24. The molecule has 29 heavy (non-hydrogen) atoms. The molecule has 3 aliphatic rings. The molecule has 158 valence electrons. The van der Waals surface area contributed by atoms with Gasteiger partial charge in [-0.3, -0.25) is 4.90 Å². The van der Waals surface area contributed by atoms with Crippen molar-refractivity contribution in [2.24, 2.45) is 0 Å². The first-order valence-electron chi connectivity index (χ1n) is 10.6. The number of nitrogens with zero attached hydrogens (tertiary/aromatic N) is 2. The summed E-state index contributed by atoms with van der Waals surface area (Å²) in [5.74, 6) is -0.151. The molecule has 5 rings (SSSR count). The first-order valence-corrected chi connectivity index (χ1v) is 10.6. The summed E-state index contributed by atoms with van der Waals surface area (Å²) in [6.45, 7) is 4.36. The van der Waals surface area contributed by atoms with Gasteiger partial charge in [-0.1, -0.05) is 24.3 Å². The summed E-state index contributed by atoms with van der Waals surface area (Å²) in [7, 11) is 0. The number of anilines is 1. The molecular formula is C24H31Cl2FN2. The first kappa shape index (κ1) is 22.4. The van der Waals surface area contributed by atoms with Gasteiger partial charge >= 0.3 is 0 Å². The maximum absolute atomic E-state index is 13.2. The lowest BCUT2D eigenvalue weighted by Gasteiger charge is -2.45. The summed E-state index contributed by atoms with van der Waals surface area (Å²) in [4.78, 5) is 5.11. The summed E-state index contributed by atoms with van der Waals surface area (Å²) < 4.78 is 13.2. The molecule has 2 fully saturated rings. The molecular weight excluding hydrogens is 406 g/mol. The van der Waals surface area contributed by atoms with E-state index >= 15 is 0 Å². The first-order chi connectivity index (χ1) is 13.2. The molecule has 5 heteroatoms. The molecule has 2 aliphatic carbocycles. The van der Waals surface area contributed by atoms with E-state index in [9.17, 15) is 4.39 Å². The monoisotopic (exact) mass is 436 g/mol. The molecule has 0 radical (unpaired) electrons. The summed E-state index contributed by atoms with van der Waals surface area (Å²) in [5.41, 5.74) is 4.89. The van der Waals surface area contributed by atoms with Gasteiger partial charge in [0.05, 0.1) is 0 Å². The second-order valence-electron chi connectivity index (χ2n) is 8.67. The lowest BCUT2D eigenvalue weighted by molar-refractivity contribution is 0.117. The molecule has 0 amide bonds. The Morgan fingerprint density at radius 2 is 1.45 bits per heavy atom. The van der Waals surface area contributed by atoms with Crippen LogP contribution >= 0.6 is 24.8 Å². The largest absolute Gasteiger partial charge is 0.369 e. The van der Waals surface area contributed by atoms with Gasteiger partial charge in [-0.15, -0.1) is 24.8 Å². The van der Waals surface area contributed by atoms with Crippen LogP contribution in [0.1, 0.15) is 43.2 Å². The molecule has 2 nitrogen and oxygen atoms in total. The minimum Gasteiger partial charge on any atom is -0.369 e. The Hall–Kier alpha value is -1.29. The van der Waals surface area contributed by atoms with Crippen LogP contribution in [0, 0.1) is 5.82 Å². The molecule has 1 aliphatic heterocycles. The Morgan fingerprint density at radius 1 is 0.793 bits per heavy atom. The average molecular weight is 437 g/mol. The van der Waals surface area contributed by atoms with Crippen LogP contribution in [-0.2, 0) is 11.8 Å². The molecule has 0 atom stereocenters. The van der Waals surface area contributed by atoms with Gasteiger partial charge in [-0.05, 0) is 79.3 Å². The van der Waals surface area contributed by atoms with E-state index in [1.165, 1.54) is 38.5 Å². The van der Waals surface area contributed by atoms with Gasteiger partial charge in [-0.25, -0.2) is 4.39 Å². The van der Waals surface area contributed by atoms with Crippen molar-refractivity contribution in [1.29, 1.82) is 0 Å². The van der Waals surface area contributed by atoms with Crippen LogP contribution in [0.4, 0.5) is 10.1 Å². The van der Waals surface area contributed by atoms with E-state index in [-0.39, 0.29) is 30.6 Å². The fraction of sp³-hybridized carbons (Fsp3) is 0.500. The van der Waals surface area contributed by atoms with E-state index in [4.69, 9.17) is 0 Å². The molecule has 2 aromatic rings. The van der Waals surface area contributed by atoms with E-state index in [1.54, 1.807) is 23.3 Å². The van der Waals surface area contributed by atoms with Crippen LogP contribution in [0.3, 0.4) is 0 Å². The van der Waals surface area contributed by atoms with E-state index in [0.717, 1.165) is 37.9 Å². The van der Waals surface area contributed by atoms with Crippen LogP contribution in [-0.4, -0.2) is 37.1 Å². The summed E-state index contributed by atoms with van der Waals surface area (Å²) in [6.07, 6.45) is 8.02. The molecule has 2 aromatic carbocycles. The standard InChI is InChI=1S/C24H29FN2.2ClH/c25-20-5-7-21(8-6-20)26-15-17-27(18-16-26)22-10-13-24(14-11-22)12-9-19-3-1-2-4-23(19)24;;/h1-8,22H,9-18H2;2*1H. The zero-order valence-electron chi connectivity index (χ0n) is 16.9. The van der Waals surface area contributed by atoms with Crippen molar-refractivity contribution >= 4 is 30.5 Å². The van der Waals surface area contributed by atoms with E-state index in [0.29, 0.717) is 5.41 Å². The lowest BCUT2D eigenvalue weighted by atomic mass is 9.68. The number of benzene rings is 2. The lowest BCUT2D eigenvalue weighted by Crippen LogP contribution is -2.52. The Balaban J connectivity index is 0.00000120. The van der Waals surface area contributed by atoms with Gasteiger partial charge in [0.15, 0.2) is 0 Å². The fourth-order valence-electron chi connectivity index (χ4n) is 5.80. The third-order valence-corrected chi connectivity index (χ3v) is 7.40. The minimum absolute atomic E-state index is 0. The third kappa shape index (κ3) is 4.28. The van der Waals surface area contributed by atoms with Crippen molar-refractivity contribution in [2.75, 3.05) is 31.1 Å². The van der Waals surface area contributed by atoms with Gasteiger partial charge in [0.25, 0.3) is 0 Å². The van der Waals surface area contributed by atoms with Crippen molar-refractivity contribution in [3.05, 3.63) is 65.5 Å². The Labute approximate surface area is 186 Å². The van der Waals surface area contributed by atoms with Gasteiger partial charge in [0, 0.05) is 37.9 Å². The average Bonchev–Trinajstić information content (AvgIpc) is 3.08. The zero-order chi connectivity index (χ0) is 18.3. The summed E-state index contributed by atoms with van der Waals surface area (Å²) in [6, 6.07) is 16.9. The molecule has 1 saturated carbocycles. The predicted octanol–water partition coefficient (Wildman–Crippen LogP) is 5.62. The van der Waals surface area contributed by atoms with Crippen molar-refractivity contribution in [1.82, 2.24) is 4.90 Å². The normalized spacial score (nSPS) is 26.5. The highest BCUT2D eigenvalue weighted by molar-refractivity contribution is 5.85. The number of hydrogen-bond acceptors (Lipinski definition) is 2. The number of hydrogen-bond donors (Lipinski definition) is 0. The van der Waals surface area contributed by atoms with E-state index < -0.39 is 0 Å². The van der Waals surface area contributed by atoms with E-state index in [1.807, 2.05) is 12.1 Å². The quantitative estimate of drug-likeness (QED) is 0.602. The molecule has 0 unspecified atom stereocenters. The molecule has 1 saturated heterocycles. The van der Waals surface area contributed by atoms with Crippen LogP contribution < -0.4 is 4.90 Å². The fourth-order valence-corrected chi connectivity index (χ4v) is 5.80. The van der Waals surface area contributed by atoms with E-state index in [2.05, 4.69) is 34.1 Å². The van der Waals surface area contributed by atoms with Crippen LogP contribution in [0.2, 0.25) is 0 Å². The number of fused-ring (bicyclic) bond motifs is 2. The highest BCUT2D eigenvalue weighted by Gasteiger charge is 2.42. The molecule has 0 aromatic heterocycles. The Kier molecular flexibility index (Phi) is 7.14. The molecule has 1 heterocycles. The molecule has 0 N–H and O–H groups in total. The highest BCUT2D eigenvalue weighted by atomic mass is 35.5. The minimum atomic E-state index is -0.151. The maximum atomic E-state index is 13.2. The number of aryl methyl sites for hydroxylation is 1. The van der Waals surface area contributed by atoms with Crippen LogP contribution in [0.25, 0.3) is 0 Å². The molecule has 1 spiro atoms. The molecule has 0 bridgehead atoms.